The number of amides is 1. The monoisotopic (exact) mass is 241 g/mol. The molecule has 1 saturated heterocycles. The number of ether oxygens (including phenoxy) is 1. The maximum atomic E-state index is 12.0. The van der Waals surface area contributed by atoms with Crippen molar-refractivity contribution in [2.24, 2.45) is 5.92 Å². The zero-order valence-electron chi connectivity index (χ0n) is 10.5. The summed E-state index contributed by atoms with van der Waals surface area (Å²) >= 11 is 0. The first-order valence-corrected chi connectivity index (χ1v) is 5.97. The molecule has 0 aromatic heterocycles. The first kappa shape index (κ1) is 12.2. The number of aliphatic carboxylic acids is 1. The molecule has 1 aliphatic carbocycles. The Kier molecular flexibility index (Phi) is 2.60. The summed E-state index contributed by atoms with van der Waals surface area (Å²) < 4.78 is 5.32. The molecule has 1 aliphatic heterocycles. The maximum Gasteiger partial charge on any atom is 0.410 e. The average Bonchev–Trinajstić information content (AvgIpc) is 2.74. The van der Waals surface area contributed by atoms with Crippen molar-refractivity contribution in [2.45, 2.75) is 51.2 Å². The van der Waals surface area contributed by atoms with Crippen molar-refractivity contribution in [3.8, 4) is 0 Å². The van der Waals surface area contributed by atoms with Gasteiger partial charge in [-0.15, -0.1) is 0 Å². The van der Waals surface area contributed by atoms with E-state index in [1.165, 1.54) is 0 Å². The van der Waals surface area contributed by atoms with E-state index in [0.29, 0.717) is 6.42 Å². The van der Waals surface area contributed by atoms with E-state index in [0.717, 1.165) is 12.8 Å². The number of hydrogen-bond donors (Lipinski definition) is 1. The molecule has 0 aromatic carbocycles. The molecule has 5 nitrogen and oxygen atoms in total. The van der Waals surface area contributed by atoms with Crippen LogP contribution in [-0.2, 0) is 9.53 Å². The van der Waals surface area contributed by atoms with Crippen LogP contribution in [0.3, 0.4) is 0 Å². The Labute approximate surface area is 101 Å². The standard InChI is InChI=1S/C12H19NO4/c1-11(2,3)17-10(16)13-7-8(9(14)15)6-12(13)4-5-12/h8H,4-7H2,1-3H3,(H,14,15)/t8-/m0/s1. The van der Waals surface area contributed by atoms with Crippen LogP contribution in [0.15, 0.2) is 0 Å². The Morgan fingerprint density at radius 2 is 1.94 bits per heavy atom. The van der Waals surface area contributed by atoms with Gasteiger partial charge in [-0.2, -0.15) is 0 Å². The summed E-state index contributed by atoms with van der Waals surface area (Å²) in [5.74, 6) is -1.26. The van der Waals surface area contributed by atoms with Crippen LogP contribution in [0.1, 0.15) is 40.0 Å². The number of nitrogens with zero attached hydrogens (tertiary/aromatic N) is 1. The highest BCUT2D eigenvalue weighted by atomic mass is 16.6. The minimum atomic E-state index is -0.817. The van der Waals surface area contributed by atoms with E-state index in [-0.39, 0.29) is 18.2 Å². The fourth-order valence-corrected chi connectivity index (χ4v) is 2.42. The van der Waals surface area contributed by atoms with Crippen molar-refractivity contribution in [1.29, 1.82) is 0 Å². The van der Waals surface area contributed by atoms with Crippen LogP contribution >= 0.6 is 0 Å². The molecule has 2 rings (SSSR count). The lowest BCUT2D eigenvalue weighted by atomic mass is 10.1. The summed E-state index contributed by atoms with van der Waals surface area (Å²) in [6.45, 7) is 5.73. The van der Waals surface area contributed by atoms with Gasteiger partial charge in [0.2, 0.25) is 0 Å². The predicted octanol–water partition coefficient (Wildman–Crippen LogP) is 1.86. The quantitative estimate of drug-likeness (QED) is 0.761. The minimum Gasteiger partial charge on any atom is -0.481 e. The highest BCUT2D eigenvalue weighted by molar-refractivity contribution is 5.76. The van der Waals surface area contributed by atoms with Crippen LogP contribution in [0, 0.1) is 5.92 Å². The zero-order valence-corrected chi connectivity index (χ0v) is 10.5. The molecular weight excluding hydrogens is 222 g/mol. The van der Waals surface area contributed by atoms with Crippen LogP contribution in [-0.4, -0.2) is 39.8 Å². The van der Waals surface area contributed by atoms with Crippen molar-refractivity contribution < 1.29 is 19.4 Å². The molecule has 0 unspecified atom stereocenters. The normalized spacial score (nSPS) is 26.1. The van der Waals surface area contributed by atoms with Gasteiger partial charge in [-0.05, 0) is 40.0 Å². The lowest BCUT2D eigenvalue weighted by Gasteiger charge is -2.28. The van der Waals surface area contributed by atoms with E-state index in [1.54, 1.807) is 4.90 Å². The highest BCUT2D eigenvalue weighted by Gasteiger charge is 2.58. The third-order valence-corrected chi connectivity index (χ3v) is 3.39. The van der Waals surface area contributed by atoms with E-state index in [9.17, 15) is 9.59 Å². The number of carboxylic acids is 1. The van der Waals surface area contributed by atoms with Crippen molar-refractivity contribution in [3.05, 3.63) is 0 Å². The lowest BCUT2D eigenvalue weighted by Crippen LogP contribution is -2.41. The topological polar surface area (TPSA) is 66.8 Å². The van der Waals surface area contributed by atoms with Gasteiger partial charge in [0.05, 0.1) is 5.92 Å². The van der Waals surface area contributed by atoms with E-state index in [2.05, 4.69) is 0 Å². The molecule has 96 valence electrons. The van der Waals surface area contributed by atoms with Gasteiger partial charge in [0, 0.05) is 12.1 Å². The Morgan fingerprint density at radius 1 is 1.35 bits per heavy atom. The summed E-state index contributed by atoms with van der Waals surface area (Å²) in [5.41, 5.74) is -0.750. The second-order valence-electron chi connectivity index (χ2n) is 6.05. The molecule has 2 fully saturated rings. The Bertz CT molecular complexity index is 354. The van der Waals surface area contributed by atoms with Crippen molar-refractivity contribution in [2.75, 3.05) is 6.54 Å². The van der Waals surface area contributed by atoms with Gasteiger partial charge in [-0.3, -0.25) is 4.79 Å². The van der Waals surface area contributed by atoms with Gasteiger partial charge in [-0.1, -0.05) is 0 Å². The van der Waals surface area contributed by atoms with Crippen molar-refractivity contribution in [1.82, 2.24) is 4.90 Å². The van der Waals surface area contributed by atoms with Gasteiger partial charge in [0.1, 0.15) is 5.60 Å². The molecule has 1 saturated carbocycles. The molecule has 0 bridgehead atoms. The van der Waals surface area contributed by atoms with Crippen molar-refractivity contribution in [3.63, 3.8) is 0 Å². The van der Waals surface area contributed by atoms with Gasteiger partial charge in [0.25, 0.3) is 0 Å². The number of hydrogen-bond acceptors (Lipinski definition) is 3. The van der Waals surface area contributed by atoms with Crippen LogP contribution in [0.4, 0.5) is 4.79 Å². The summed E-state index contributed by atoms with van der Waals surface area (Å²) in [7, 11) is 0. The molecule has 0 radical (unpaired) electrons. The number of carboxylic acid groups (broad SMARTS) is 1. The summed E-state index contributed by atoms with van der Waals surface area (Å²) in [6, 6.07) is 0. The van der Waals surface area contributed by atoms with Gasteiger partial charge >= 0.3 is 12.1 Å². The average molecular weight is 241 g/mol. The van der Waals surface area contributed by atoms with Gasteiger partial charge < -0.3 is 14.7 Å². The van der Waals surface area contributed by atoms with Crippen molar-refractivity contribution >= 4 is 12.1 Å². The first-order valence-electron chi connectivity index (χ1n) is 5.97. The summed E-state index contributed by atoms with van der Waals surface area (Å²) in [6.07, 6.45) is 1.99. The number of carbonyl (C=O) groups is 2. The largest absolute Gasteiger partial charge is 0.481 e. The highest BCUT2D eigenvalue weighted by Crippen LogP contribution is 2.51. The molecule has 17 heavy (non-hydrogen) atoms. The van der Waals surface area contributed by atoms with Crippen LogP contribution < -0.4 is 0 Å². The maximum absolute atomic E-state index is 12.0. The summed E-state index contributed by atoms with van der Waals surface area (Å²) in [4.78, 5) is 24.6. The van der Waals surface area contributed by atoms with Crippen LogP contribution in [0.25, 0.3) is 0 Å². The molecule has 1 heterocycles. The van der Waals surface area contributed by atoms with Gasteiger partial charge in [-0.25, -0.2) is 4.79 Å². The zero-order chi connectivity index (χ0) is 12.8. The lowest BCUT2D eigenvalue weighted by molar-refractivity contribution is -0.141. The van der Waals surface area contributed by atoms with E-state index >= 15 is 0 Å². The number of carbonyl (C=O) groups excluding carboxylic acids is 1. The molecular formula is C12H19NO4. The van der Waals surface area contributed by atoms with E-state index < -0.39 is 17.5 Å². The Morgan fingerprint density at radius 3 is 2.35 bits per heavy atom. The molecule has 0 aromatic rings. The third kappa shape index (κ3) is 2.37. The molecule has 1 N–H and O–H groups in total. The van der Waals surface area contributed by atoms with E-state index in [4.69, 9.17) is 9.84 Å². The molecule has 1 spiro atoms. The fraction of sp³-hybridized carbons (Fsp3) is 0.833. The first-order chi connectivity index (χ1) is 7.73. The van der Waals surface area contributed by atoms with Crippen LogP contribution in [0.2, 0.25) is 0 Å². The number of rotatable bonds is 1. The third-order valence-electron chi connectivity index (χ3n) is 3.39. The van der Waals surface area contributed by atoms with Gasteiger partial charge in [0.15, 0.2) is 0 Å². The van der Waals surface area contributed by atoms with E-state index in [1.807, 2.05) is 20.8 Å². The Hall–Kier alpha value is -1.26. The molecule has 1 atom stereocenters. The molecule has 2 aliphatic rings. The van der Waals surface area contributed by atoms with Crippen LogP contribution in [0.5, 0.6) is 0 Å². The fourth-order valence-electron chi connectivity index (χ4n) is 2.42. The molecule has 1 amide bonds. The molecule has 5 heteroatoms. The number of likely N-dealkylation sites (tertiary alicyclic amines) is 1. The smallest absolute Gasteiger partial charge is 0.410 e. The Balaban J connectivity index is 2.06. The summed E-state index contributed by atoms with van der Waals surface area (Å²) in [5, 5.41) is 9.03. The predicted molar refractivity (Wildman–Crippen MR) is 60.6 cm³/mol. The second kappa shape index (κ2) is 3.62. The SMILES string of the molecule is CC(C)(C)OC(=O)N1C[C@@H](C(=O)O)CC12CC2. The second-order valence-corrected chi connectivity index (χ2v) is 6.05. The minimum absolute atomic E-state index is 0.217.